The van der Waals surface area contributed by atoms with Crippen molar-refractivity contribution in [2.24, 2.45) is 0 Å². The van der Waals surface area contributed by atoms with E-state index in [0.29, 0.717) is 6.61 Å². The quantitative estimate of drug-likeness (QED) is 0.611. The predicted octanol–water partition coefficient (Wildman–Crippen LogP) is 0.149. The number of rotatable bonds is 7. The molecule has 1 rings (SSSR count). The van der Waals surface area contributed by atoms with Crippen LogP contribution in [0.3, 0.4) is 0 Å². The summed E-state index contributed by atoms with van der Waals surface area (Å²) in [6.45, 7) is 7.08. The number of aliphatic hydroxyl groups excluding tert-OH is 2. The Morgan fingerprint density at radius 2 is 1.38 bits per heavy atom. The van der Waals surface area contributed by atoms with Crippen LogP contribution in [-0.4, -0.2) is 72.5 Å². The molecular formula is C12H26N2O2. The van der Waals surface area contributed by atoms with Crippen LogP contribution >= 0.6 is 0 Å². The van der Waals surface area contributed by atoms with Gasteiger partial charge in [0.2, 0.25) is 0 Å². The number of unbranched alkanes of at least 4 members (excludes halogenated alkanes) is 2. The first-order chi connectivity index (χ1) is 7.86. The van der Waals surface area contributed by atoms with Crippen LogP contribution in [0, 0.1) is 0 Å². The summed E-state index contributed by atoms with van der Waals surface area (Å²) in [5.74, 6) is 0. The van der Waals surface area contributed by atoms with E-state index in [4.69, 9.17) is 10.2 Å². The molecule has 4 heteroatoms. The SMILES string of the molecule is OCCCCCN1CCCN(CCO)CC1. The standard InChI is InChI=1S/C12H26N2O2/c15-11-3-1-2-5-13-6-4-7-14(9-8-13)10-12-16/h15-16H,1-12H2. The van der Waals surface area contributed by atoms with Crippen molar-refractivity contribution in [2.45, 2.75) is 25.7 Å². The zero-order valence-electron chi connectivity index (χ0n) is 10.3. The molecule has 4 nitrogen and oxygen atoms in total. The first-order valence-corrected chi connectivity index (χ1v) is 6.53. The second kappa shape index (κ2) is 8.93. The van der Waals surface area contributed by atoms with E-state index in [9.17, 15) is 0 Å². The van der Waals surface area contributed by atoms with Crippen LogP contribution in [0.5, 0.6) is 0 Å². The summed E-state index contributed by atoms with van der Waals surface area (Å²) in [5.41, 5.74) is 0. The summed E-state index contributed by atoms with van der Waals surface area (Å²) in [6, 6.07) is 0. The summed E-state index contributed by atoms with van der Waals surface area (Å²) in [4.78, 5) is 4.85. The van der Waals surface area contributed by atoms with Gasteiger partial charge in [-0.2, -0.15) is 0 Å². The molecule has 0 aliphatic carbocycles. The van der Waals surface area contributed by atoms with E-state index in [0.717, 1.165) is 45.6 Å². The first-order valence-electron chi connectivity index (χ1n) is 6.53. The number of nitrogens with zero attached hydrogens (tertiary/aromatic N) is 2. The highest BCUT2D eigenvalue weighted by Gasteiger charge is 2.13. The number of aliphatic hydroxyl groups is 2. The molecule has 0 unspecified atom stereocenters. The molecule has 0 aromatic rings. The van der Waals surface area contributed by atoms with Gasteiger partial charge in [0.15, 0.2) is 0 Å². The van der Waals surface area contributed by atoms with Gasteiger partial charge in [0.1, 0.15) is 0 Å². The summed E-state index contributed by atoms with van der Waals surface area (Å²) < 4.78 is 0. The molecule has 1 fully saturated rings. The van der Waals surface area contributed by atoms with Gasteiger partial charge in [0.25, 0.3) is 0 Å². The molecule has 0 atom stereocenters. The van der Waals surface area contributed by atoms with Gasteiger partial charge in [-0.05, 0) is 45.3 Å². The van der Waals surface area contributed by atoms with Crippen molar-refractivity contribution < 1.29 is 10.2 Å². The molecule has 0 aromatic heterocycles. The van der Waals surface area contributed by atoms with Crippen LogP contribution < -0.4 is 0 Å². The van der Waals surface area contributed by atoms with Crippen LogP contribution in [0.1, 0.15) is 25.7 Å². The Labute approximate surface area is 98.9 Å². The molecule has 1 aliphatic heterocycles. The van der Waals surface area contributed by atoms with Crippen LogP contribution in [0.15, 0.2) is 0 Å². The van der Waals surface area contributed by atoms with Gasteiger partial charge in [-0.15, -0.1) is 0 Å². The maximum Gasteiger partial charge on any atom is 0.0558 e. The van der Waals surface area contributed by atoms with Crippen LogP contribution in [0.2, 0.25) is 0 Å². The van der Waals surface area contributed by atoms with Gasteiger partial charge in [0.05, 0.1) is 6.61 Å². The number of β-amino-alcohol motifs (C(OH)–C–C–N with tert-alkyl or cyclic N) is 1. The smallest absolute Gasteiger partial charge is 0.0558 e. The first kappa shape index (κ1) is 13.9. The van der Waals surface area contributed by atoms with Crippen molar-refractivity contribution in [1.82, 2.24) is 9.80 Å². The zero-order valence-corrected chi connectivity index (χ0v) is 10.3. The second-order valence-corrected chi connectivity index (χ2v) is 4.54. The lowest BCUT2D eigenvalue weighted by Crippen LogP contribution is -2.32. The highest BCUT2D eigenvalue weighted by molar-refractivity contribution is 4.69. The molecule has 16 heavy (non-hydrogen) atoms. The van der Waals surface area contributed by atoms with E-state index >= 15 is 0 Å². The van der Waals surface area contributed by atoms with E-state index in [1.165, 1.54) is 19.4 Å². The highest BCUT2D eigenvalue weighted by Crippen LogP contribution is 2.05. The van der Waals surface area contributed by atoms with E-state index in [2.05, 4.69) is 9.80 Å². The van der Waals surface area contributed by atoms with E-state index in [1.807, 2.05) is 0 Å². The topological polar surface area (TPSA) is 46.9 Å². The maximum absolute atomic E-state index is 8.90. The lowest BCUT2D eigenvalue weighted by Gasteiger charge is -2.21. The number of hydrogen-bond acceptors (Lipinski definition) is 4. The van der Waals surface area contributed by atoms with Crippen LogP contribution in [-0.2, 0) is 0 Å². The molecule has 1 saturated heterocycles. The van der Waals surface area contributed by atoms with Gasteiger partial charge in [-0.3, -0.25) is 4.90 Å². The minimum absolute atomic E-state index is 0.274. The molecule has 1 aliphatic rings. The molecule has 1 heterocycles. The van der Waals surface area contributed by atoms with E-state index in [-0.39, 0.29) is 6.61 Å². The normalized spacial score (nSPS) is 19.9. The van der Waals surface area contributed by atoms with Gasteiger partial charge < -0.3 is 15.1 Å². The average Bonchev–Trinajstić information content (AvgIpc) is 2.51. The van der Waals surface area contributed by atoms with Crippen molar-refractivity contribution in [3.63, 3.8) is 0 Å². The summed E-state index contributed by atoms with van der Waals surface area (Å²) in [6.07, 6.45) is 4.47. The van der Waals surface area contributed by atoms with Crippen molar-refractivity contribution in [1.29, 1.82) is 0 Å². The Balaban J connectivity index is 2.10. The van der Waals surface area contributed by atoms with Gasteiger partial charge in [-0.25, -0.2) is 0 Å². The minimum Gasteiger partial charge on any atom is -0.396 e. The fourth-order valence-electron chi connectivity index (χ4n) is 2.24. The Morgan fingerprint density at radius 1 is 0.688 bits per heavy atom. The molecule has 0 saturated carbocycles. The molecule has 0 bridgehead atoms. The van der Waals surface area contributed by atoms with E-state index < -0.39 is 0 Å². The average molecular weight is 230 g/mol. The Kier molecular flexibility index (Phi) is 7.76. The van der Waals surface area contributed by atoms with Crippen molar-refractivity contribution >= 4 is 0 Å². The van der Waals surface area contributed by atoms with Crippen molar-refractivity contribution in [2.75, 3.05) is 52.5 Å². The van der Waals surface area contributed by atoms with Crippen LogP contribution in [0.4, 0.5) is 0 Å². The van der Waals surface area contributed by atoms with Crippen LogP contribution in [0.25, 0.3) is 0 Å². The molecule has 2 N–H and O–H groups in total. The fourth-order valence-corrected chi connectivity index (χ4v) is 2.24. The zero-order chi connectivity index (χ0) is 11.6. The molecule has 0 amide bonds. The summed E-state index contributed by atoms with van der Waals surface area (Å²) >= 11 is 0. The minimum atomic E-state index is 0.274. The summed E-state index contributed by atoms with van der Waals surface area (Å²) in [7, 11) is 0. The predicted molar refractivity (Wildman–Crippen MR) is 65.5 cm³/mol. The summed E-state index contributed by atoms with van der Waals surface area (Å²) in [5, 5.41) is 17.6. The highest BCUT2D eigenvalue weighted by atomic mass is 16.3. The maximum atomic E-state index is 8.90. The molecular weight excluding hydrogens is 204 g/mol. The number of hydrogen-bond donors (Lipinski definition) is 2. The van der Waals surface area contributed by atoms with Crippen molar-refractivity contribution in [3.8, 4) is 0 Å². The fraction of sp³-hybridized carbons (Fsp3) is 1.00. The van der Waals surface area contributed by atoms with Crippen molar-refractivity contribution in [3.05, 3.63) is 0 Å². The third kappa shape index (κ3) is 5.80. The lowest BCUT2D eigenvalue weighted by atomic mass is 10.2. The second-order valence-electron chi connectivity index (χ2n) is 4.54. The molecule has 0 spiro atoms. The van der Waals surface area contributed by atoms with Gasteiger partial charge in [0, 0.05) is 26.2 Å². The van der Waals surface area contributed by atoms with E-state index in [1.54, 1.807) is 0 Å². The Hall–Kier alpha value is -0.160. The Bertz CT molecular complexity index is 167. The molecule has 0 radical (unpaired) electrons. The monoisotopic (exact) mass is 230 g/mol. The van der Waals surface area contributed by atoms with Gasteiger partial charge in [-0.1, -0.05) is 0 Å². The Morgan fingerprint density at radius 3 is 2.00 bits per heavy atom. The molecule has 0 aromatic carbocycles. The lowest BCUT2D eigenvalue weighted by molar-refractivity contribution is 0.196. The van der Waals surface area contributed by atoms with Gasteiger partial charge >= 0.3 is 0 Å². The third-order valence-corrected chi connectivity index (χ3v) is 3.23. The molecule has 96 valence electrons. The third-order valence-electron chi connectivity index (χ3n) is 3.23. The largest absolute Gasteiger partial charge is 0.396 e.